The van der Waals surface area contributed by atoms with Crippen LogP contribution in [0.2, 0.25) is 0 Å². The van der Waals surface area contributed by atoms with Crippen LogP contribution in [0.4, 0.5) is 5.95 Å². The quantitative estimate of drug-likeness (QED) is 0.808. The molecule has 0 aliphatic carbocycles. The Hall–Kier alpha value is -1.03. The molecule has 0 unspecified atom stereocenters. The number of nitrogens with one attached hydrogen (secondary N) is 1. The summed E-state index contributed by atoms with van der Waals surface area (Å²) in [5, 5.41) is 3.34. The van der Waals surface area contributed by atoms with Crippen molar-refractivity contribution in [3.8, 4) is 0 Å². The first-order valence-corrected chi connectivity index (χ1v) is 5.75. The Kier molecular flexibility index (Phi) is 4.35. The van der Waals surface area contributed by atoms with Gasteiger partial charge in [-0.15, -0.1) is 0 Å². The molecule has 0 atom stereocenters. The molecule has 0 saturated heterocycles. The van der Waals surface area contributed by atoms with Crippen LogP contribution < -0.4 is 5.32 Å². The molecule has 0 spiro atoms. The second-order valence-corrected chi connectivity index (χ2v) is 5.12. The van der Waals surface area contributed by atoms with Crippen LogP contribution in [0.25, 0.3) is 0 Å². The van der Waals surface area contributed by atoms with E-state index in [-0.39, 0.29) is 5.60 Å². The van der Waals surface area contributed by atoms with Crippen molar-refractivity contribution < 1.29 is 4.74 Å². The Morgan fingerprint density at radius 2 is 2.19 bits per heavy atom. The molecule has 0 amide bonds. The topological polar surface area (TPSA) is 39.1 Å². The average molecular weight is 225 g/mol. The van der Waals surface area contributed by atoms with Crippen molar-refractivity contribution in [2.75, 3.05) is 19.0 Å². The lowest BCUT2D eigenvalue weighted by Crippen LogP contribution is -2.29. The summed E-state index contributed by atoms with van der Waals surface area (Å²) in [6, 6.07) is 0. The van der Waals surface area contributed by atoms with Gasteiger partial charge in [0.1, 0.15) is 0 Å². The van der Waals surface area contributed by atoms with E-state index in [1.54, 1.807) is 7.11 Å². The molecule has 0 saturated carbocycles. The van der Waals surface area contributed by atoms with Gasteiger partial charge in [-0.1, -0.05) is 13.8 Å². The van der Waals surface area contributed by atoms with Crippen LogP contribution in [-0.2, 0) is 11.3 Å². The zero-order valence-corrected chi connectivity index (χ0v) is 10.9. The molecule has 0 bridgehead atoms. The van der Waals surface area contributed by atoms with Gasteiger partial charge in [0.15, 0.2) is 0 Å². The van der Waals surface area contributed by atoms with Crippen molar-refractivity contribution in [1.29, 1.82) is 0 Å². The van der Waals surface area contributed by atoms with Crippen LogP contribution in [-0.4, -0.2) is 28.8 Å². The number of rotatable bonds is 6. The first kappa shape index (κ1) is 13.0. The number of imidazole rings is 1. The van der Waals surface area contributed by atoms with E-state index in [0.29, 0.717) is 5.92 Å². The molecule has 92 valence electrons. The second-order valence-electron chi connectivity index (χ2n) is 5.12. The first-order chi connectivity index (χ1) is 7.44. The molecule has 4 heteroatoms. The summed E-state index contributed by atoms with van der Waals surface area (Å²) in [6.07, 6.45) is 3.79. The molecule has 0 fully saturated rings. The highest BCUT2D eigenvalue weighted by atomic mass is 16.5. The fraction of sp³-hybridized carbons (Fsp3) is 0.750. The summed E-state index contributed by atoms with van der Waals surface area (Å²) in [5.74, 6) is 1.53. The number of methoxy groups -OCH3 is 1. The Morgan fingerprint density at radius 1 is 1.50 bits per heavy atom. The molecule has 0 aliphatic heterocycles. The highest BCUT2D eigenvalue weighted by Gasteiger charge is 2.18. The number of anilines is 1. The Morgan fingerprint density at radius 3 is 2.75 bits per heavy atom. The molecular weight excluding hydrogens is 202 g/mol. The number of aromatic nitrogens is 2. The van der Waals surface area contributed by atoms with Crippen molar-refractivity contribution >= 4 is 5.95 Å². The van der Waals surface area contributed by atoms with Crippen LogP contribution in [0.5, 0.6) is 0 Å². The summed E-state index contributed by atoms with van der Waals surface area (Å²) in [7, 11) is 1.73. The van der Waals surface area contributed by atoms with Gasteiger partial charge in [0.05, 0.1) is 12.1 Å². The maximum absolute atomic E-state index is 5.42. The lowest BCUT2D eigenvalue weighted by atomic mass is 10.1. The van der Waals surface area contributed by atoms with Crippen molar-refractivity contribution in [3.05, 3.63) is 12.4 Å². The van der Waals surface area contributed by atoms with Crippen LogP contribution >= 0.6 is 0 Å². The molecule has 1 aromatic rings. The van der Waals surface area contributed by atoms with Crippen molar-refractivity contribution in [2.45, 2.75) is 39.8 Å². The van der Waals surface area contributed by atoms with Gasteiger partial charge in [-0.05, 0) is 19.8 Å². The van der Waals surface area contributed by atoms with E-state index in [1.807, 2.05) is 12.4 Å². The van der Waals surface area contributed by atoms with Gasteiger partial charge in [0.25, 0.3) is 0 Å². The number of nitrogens with zero attached hydrogens (tertiary/aromatic N) is 2. The van der Waals surface area contributed by atoms with Gasteiger partial charge in [-0.2, -0.15) is 0 Å². The molecule has 0 aliphatic rings. The lowest BCUT2D eigenvalue weighted by molar-refractivity contribution is 0.00857. The molecule has 1 heterocycles. The Bertz CT molecular complexity index is 318. The number of hydrogen-bond donors (Lipinski definition) is 1. The minimum atomic E-state index is -0.172. The van der Waals surface area contributed by atoms with Crippen molar-refractivity contribution in [3.63, 3.8) is 0 Å². The zero-order valence-electron chi connectivity index (χ0n) is 10.9. The summed E-state index contributed by atoms with van der Waals surface area (Å²) in [4.78, 5) is 4.30. The van der Waals surface area contributed by atoms with Gasteiger partial charge in [0, 0.05) is 26.0 Å². The highest BCUT2D eigenvalue weighted by Crippen LogP contribution is 2.15. The van der Waals surface area contributed by atoms with E-state index >= 15 is 0 Å². The molecule has 4 nitrogen and oxygen atoms in total. The summed E-state index contributed by atoms with van der Waals surface area (Å²) in [6.45, 7) is 10.2. The van der Waals surface area contributed by atoms with Crippen LogP contribution in [0.15, 0.2) is 12.4 Å². The van der Waals surface area contributed by atoms with Crippen LogP contribution in [0.1, 0.15) is 27.7 Å². The average Bonchev–Trinajstić information content (AvgIpc) is 2.61. The van der Waals surface area contributed by atoms with Gasteiger partial charge in [-0.25, -0.2) is 4.98 Å². The third-order valence-electron chi connectivity index (χ3n) is 2.49. The maximum atomic E-state index is 5.42. The lowest BCUT2D eigenvalue weighted by Gasteiger charge is -2.24. The Balaban J connectivity index is 2.63. The number of ether oxygens (including phenoxy) is 1. The fourth-order valence-corrected chi connectivity index (χ4v) is 1.37. The van der Waals surface area contributed by atoms with Crippen LogP contribution in [0, 0.1) is 5.92 Å². The van der Waals surface area contributed by atoms with E-state index in [1.165, 1.54) is 0 Å². The zero-order chi connectivity index (χ0) is 12.2. The fourth-order valence-electron chi connectivity index (χ4n) is 1.37. The smallest absolute Gasteiger partial charge is 0.202 e. The van der Waals surface area contributed by atoms with E-state index in [2.05, 4.69) is 42.6 Å². The third-order valence-corrected chi connectivity index (χ3v) is 2.49. The van der Waals surface area contributed by atoms with Crippen molar-refractivity contribution in [2.24, 2.45) is 5.92 Å². The van der Waals surface area contributed by atoms with Gasteiger partial charge < -0.3 is 14.6 Å². The monoisotopic (exact) mass is 225 g/mol. The molecule has 1 rings (SSSR count). The van der Waals surface area contributed by atoms with Gasteiger partial charge in [-0.3, -0.25) is 0 Å². The van der Waals surface area contributed by atoms with Crippen molar-refractivity contribution in [1.82, 2.24) is 9.55 Å². The van der Waals surface area contributed by atoms with Crippen LogP contribution in [0.3, 0.4) is 0 Å². The summed E-state index contributed by atoms with van der Waals surface area (Å²) in [5.41, 5.74) is -0.172. The molecular formula is C12H23N3O. The minimum Gasteiger partial charge on any atom is -0.377 e. The minimum absolute atomic E-state index is 0.172. The van der Waals surface area contributed by atoms with Gasteiger partial charge in [0.2, 0.25) is 5.95 Å². The highest BCUT2D eigenvalue weighted by molar-refractivity contribution is 5.26. The molecule has 0 radical (unpaired) electrons. The molecule has 1 N–H and O–H groups in total. The summed E-state index contributed by atoms with van der Waals surface area (Å²) >= 11 is 0. The SMILES string of the molecule is COC(C)(C)Cn1ccnc1NCC(C)C. The molecule has 0 aromatic carbocycles. The van der Waals surface area contributed by atoms with E-state index in [4.69, 9.17) is 4.74 Å². The molecule has 1 aromatic heterocycles. The van der Waals surface area contributed by atoms with E-state index in [0.717, 1.165) is 19.0 Å². The van der Waals surface area contributed by atoms with E-state index < -0.39 is 0 Å². The standard InChI is InChI=1S/C12H23N3O/c1-10(2)8-14-11-13-6-7-15(11)9-12(3,4)16-5/h6-7,10H,8-9H2,1-5H3,(H,13,14). The Labute approximate surface area is 98.0 Å². The molecule has 16 heavy (non-hydrogen) atoms. The maximum Gasteiger partial charge on any atom is 0.202 e. The predicted molar refractivity (Wildman–Crippen MR) is 66.6 cm³/mol. The van der Waals surface area contributed by atoms with E-state index in [9.17, 15) is 0 Å². The number of hydrogen-bond acceptors (Lipinski definition) is 3. The normalized spacial score (nSPS) is 12.1. The third kappa shape index (κ3) is 3.85. The summed E-state index contributed by atoms with van der Waals surface area (Å²) < 4.78 is 7.50. The predicted octanol–water partition coefficient (Wildman–Crippen LogP) is 2.38. The second kappa shape index (κ2) is 5.34. The largest absolute Gasteiger partial charge is 0.377 e. The first-order valence-electron chi connectivity index (χ1n) is 5.75. The van der Waals surface area contributed by atoms with Gasteiger partial charge >= 0.3 is 0 Å².